The molecule has 0 saturated heterocycles. The van der Waals surface area contributed by atoms with Crippen LogP contribution in [-0.4, -0.2) is 12.1 Å². The predicted molar refractivity (Wildman–Crippen MR) is 86.0 cm³/mol. The van der Waals surface area contributed by atoms with Gasteiger partial charge >= 0.3 is 11.6 Å². The summed E-state index contributed by atoms with van der Waals surface area (Å²) in [7, 11) is 0. The molecule has 2 rings (SSSR count). The van der Waals surface area contributed by atoms with E-state index in [9.17, 15) is 9.59 Å². The highest BCUT2D eigenvalue weighted by atomic mass is 79.9. The van der Waals surface area contributed by atoms with Crippen molar-refractivity contribution in [2.24, 2.45) is 0 Å². The van der Waals surface area contributed by atoms with Gasteiger partial charge in [-0.15, -0.1) is 0 Å². The van der Waals surface area contributed by atoms with Crippen molar-refractivity contribution in [1.82, 2.24) is 0 Å². The number of benzene rings is 1. The standard InChI is InChI=1S/C16H17BrO5/c1-4-15(18)20-8-10-5-16(19)22-13-7-14(21-9(2)3)12(17)6-11(10)13/h5-7,9H,4,8H2,1-3H3. The highest BCUT2D eigenvalue weighted by molar-refractivity contribution is 9.10. The second-order valence-electron chi connectivity index (χ2n) is 5.05. The fourth-order valence-corrected chi connectivity index (χ4v) is 2.39. The molecule has 0 aliphatic rings. The van der Waals surface area contributed by atoms with E-state index in [4.69, 9.17) is 13.9 Å². The van der Waals surface area contributed by atoms with Gasteiger partial charge in [-0.1, -0.05) is 6.92 Å². The van der Waals surface area contributed by atoms with Crippen molar-refractivity contribution >= 4 is 32.9 Å². The fourth-order valence-electron chi connectivity index (χ4n) is 1.95. The number of hydrogen-bond donors (Lipinski definition) is 0. The van der Waals surface area contributed by atoms with E-state index in [1.165, 1.54) is 6.07 Å². The van der Waals surface area contributed by atoms with Gasteiger partial charge in [-0.2, -0.15) is 0 Å². The Balaban J connectivity index is 2.47. The largest absolute Gasteiger partial charge is 0.490 e. The van der Waals surface area contributed by atoms with Gasteiger partial charge in [-0.05, 0) is 35.8 Å². The smallest absolute Gasteiger partial charge is 0.336 e. The highest BCUT2D eigenvalue weighted by Gasteiger charge is 2.13. The van der Waals surface area contributed by atoms with Crippen LogP contribution in [0.2, 0.25) is 0 Å². The number of ether oxygens (including phenoxy) is 2. The van der Waals surface area contributed by atoms with Crippen LogP contribution in [0.25, 0.3) is 11.0 Å². The lowest BCUT2D eigenvalue weighted by Gasteiger charge is -2.13. The molecule has 0 N–H and O–H groups in total. The number of esters is 1. The Morgan fingerprint density at radius 1 is 1.32 bits per heavy atom. The Hall–Kier alpha value is -1.82. The Morgan fingerprint density at radius 3 is 2.68 bits per heavy atom. The molecule has 5 nitrogen and oxygen atoms in total. The van der Waals surface area contributed by atoms with Crippen molar-refractivity contribution in [3.8, 4) is 5.75 Å². The van der Waals surface area contributed by atoms with Crippen LogP contribution in [0.15, 0.2) is 31.9 Å². The van der Waals surface area contributed by atoms with Crippen molar-refractivity contribution in [2.45, 2.75) is 39.9 Å². The lowest BCUT2D eigenvalue weighted by Crippen LogP contribution is -2.08. The van der Waals surface area contributed by atoms with Gasteiger partial charge in [0, 0.05) is 29.5 Å². The first-order valence-corrected chi connectivity index (χ1v) is 7.78. The molecule has 0 amide bonds. The molecule has 0 fully saturated rings. The van der Waals surface area contributed by atoms with E-state index in [2.05, 4.69) is 15.9 Å². The highest BCUT2D eigenvalue weighted by Crippen LogP contribution is 2.32. The Kier molecular flexibility index (Phi) is 5.24. The molecule has 1 aromatic carbocycles. The average molecular weight is 369 g/mol. The number of fused-ring (bicyclic) bond motifs is 1. The first-order chi connectivity index (χ1) is 10.4. The summed E-state index contributed by atoms with van der Waals surface area (Å²) in [6.07, 6.45) is 0.282. The van der Waals surface area contributed by atoms with Crippen LogP contribution < -0.4 is 10.4 Å². The summed E-state index contributed by atoms with van der Waals surface area (Å²) < 4.78 is 16.7. The van der Waals surface area contributed by atoms with E-state index in [1.807, 2.05) is 13.8 Å². The molecule has 1 heterocycles. The van der Waals surface area contributed by atoms with Crippen LogP contribution in [0.5, 0.6) is 5.75 Å². The summed E-state index contributed by atoms with van der Waals surface area (Å²) in [6.45, 7) is 5.57. The van der Waals surface area contributed by atoms with Crippen LogP contribution in [0.3, 0.4) is 0 Å². The quantitative estimate of drug-likeness (QED) is 0.593. The van der Waals surface area contributed by atoms with E-state index < -0.39 is 5.63 Å². The third kappa shape index (κ3) is 3.88. The maximum absolute atomic E-state index is 11.7. The predicted octanol–water partition coefficient (Wildman–Crippen LogP) is 3.80. The number of carbonyl (C=O) groups is 1. The Bertz CT molecular complexity index is 748. The molecular weight excluding hydrogens is 352 g/mol. The summed E-state index contributed by atoms with van der Waals surface area (Å²) in [5.41, 5.74) is 0.506. The molecule has 0 unspecified atom stereocenters. The topological polar surface area (TPSA) is 65.7 Å². The van der Waals surface area contributed by atoms with Gasteiger partial charge < -0.3 is 13.9 Å². The van der Waals surface area contributed by atoms with Gasteiger partial charge in [-0.3, -0.25) is 4.79 Å². The lowest BCUT2D eigenvalue weighted by molar-refractivity contribution is -0.144. The molecule has 0 aliphatic heterocycles. The minimum absolute atomic E-state index is 0.00540. The number of halogens is 1. The molecule has 22 heavy (non-hydrogen) atoms. The van der Waals surface area contributed by atoms with Gasteiger partial charge in [0.05, 0.1) is 10.6 Å². The molecule has 0 spiro atoms. The Labute approximate surface area is 136 Å². The van der Waals surface area contributed by atoms with Gasteiger partial charge in [0.1, 0.15) is 17.9 Å². The first kappa shape index (κ1) is 16.5. The number of carbonyl (C=O) groups excluding carboxylic acids is 1. The van der Waals surface area contributed by atoms with Crippen molar-refractivity contribution < 1.29 is 18.7 Å². The van der Waals surface area contributed by atoms with Crippen molar-refractivity contribution in [3.05, 3.63) is 38.7 Å². The molecule has 0 atom stereocenters. The fraction of sp³-hybridized carbons (Fsp3) is 0.375. The third-order valence-electron chi connectivity index (χ3n) is 2.92. The van der Waals surface area contributed by atoms with Crippen molar-refractivity contribution in [2.75, 3.05) is 0 Å². The zero-order chi connectivity index (χ0) is 16.3. The van der Waals surface area contributed by atoms with Gasteiger partial charge in [0.15, 0.2) is 0 Å². The van der Waals surface area contributed by atoms with Crippen LogP contribution in [0, 0.1) is 0 Å². The van der Waals surface area contributed by atoms with E-state index in [0.717, 1.165) is 4.47 Å². The van der Waals surface area contributed by atoms with E-state index in [0.29, 0.717) is 22.3 Å². The molecule has 2 aromatic rings. The maximum Gasteiger partial charge on any atom is 0.336 e. The summed E-state index contributed by atoms with van der Waals surface area (Å²) >= 11 is 3.44. The minimum atomic E-state index is -0.493. The molecule has 1 aromatic heterocycles. The van der Waals surface area contributed by atoms with E-state index >= 15 is 0 Å². The van der Waals surface area contributed by atoms with Crippen LogP contribution in [0.4, 0.5) is 0 Å². The molecule has 6 heteroatoms. The molecule has 0 bridgehead atoms. The third-order valence-corrected chi connectivity index (χ3v) is 3.54. The number of hydrogen-bond acceptors (Lipinski definition) is 5. The Morgan fingerprint density at radius 2 is 2.05 bits per heavy atom. The zero-order valence-corrected chi connectivity index (χ0v) is 14.2. The molecule has 0 radical (unpaired) electrons. The van der Waals surface area contributed by atoms with E-state index in [-0.39, 0.29) is 25.1 Å². The minimum Gasteiger partial charge on any atom is -0.490 e. The van der Waals surface area contributed by atoms with Crippen molar-refractivity contribution in [3.63, 3.8) is 0 Å². The number of rotatable bonds is 5. The summed E-state index contributed by atoms with van der Waals surface area (Å²) in [4.78, 5) is 23.0. The summed E-state index contributed by atoms with van der Waals surface area (Å²) in [5, 5.41) is 0.700. The van der Waals surface area contributed by atoms with Gasteiger partial charge in [0.2, 0.25) is 0 Å². The zero-order valence-electron chi connectivity index (χ0n) is 12.6. The molecule has 118 valence electrons. The van der Waals surface area contributed by atoms with Crippen LogP contribution in [0.1, 0.15) is 32.8 Å². The second-order valence-corrected chi connectivity index (χ2v) is 5.90. The van der Waals surface area contributed by atoms with Crippen molar-refractivity contribution in [1.29, 1.82) is 0 Å². The SMILES string of the molecule is CCC(=O)OCc1cc(=O)oc2cc(OC(C)C)c(Br)cc12. The molecular formula is C16H17BrO5. The molecule has 0 saturated carbocycles. The van der Waals surface area contributed by atoms with Crippen LogP contribution in [-0.2, 0) is 16.1 Å². The summed E-state index contributed by atoms with van der Waals surface area (Å²) in [6, 6.07) is 4.79. The second kappa shape index (κ2) is 6.96. The normalized spacial score (nSPS) is 11.0. The molecule has 0 aliphatic carbocycles. The van der Waals surface area contributed by atoms with Gasteiger partial charge in [0.25, 0.3) is 0 Å². The average Bonchev–Trinajstić information content (AvgIpc) is 2.45. The first-order valence-electron chi connectivity index (χ1n) is 6.99. The van der Waals surface area contributed by atoms with Crippen LogP contribution >= 0.6 is 15.9 Å². The monoisotopic (exact) mass is 368 g/mol. The lowest BCUT2D eigenvalue weighted by atomic mass is 10.1. The van der Waals surface area contributed by atoms with E-state index in [1.54, 1.807) is 19.1 Å². The van der Waals surface area contributed by atoms with Gasteiger partial charge in [-0.25, -0.2) is 4.79 Å². The maximum atomic E-state index is 11.7. The summed E-state index contributed by atoms with van der Waals surface area (Å²) in [5.74, 6) is 0.272.